The fourth-order valence-electron chi connectivity index (χ4n) is 3.34. The Hall–Kier alpha value is -4.60. The molecule has 10 heteroatoms. The van der Waals surface area contributed by atoms with Gasteiger partial charge in [0.25, 0.3) is 0 Å². The average Bonchev–Trinajstić information content (AvgIpc) is 2.84. The van der Waals surface area contributed by atoms with Gasteiger partial charge in [0.1, 0.15) is 13.2 Å². The summed E-state index contributed by atoms with van der Waals surface area (Å²) in [7, 11) is 2.83. The van der Waals surface area contributed by atoms with Crippen LogP contribution in [-0.2, 0) is 28.7 Å². The minimum Gasteiger partial charge on any atom is -0.493 e. The van der Waals surface area contributed by atoms with Crippen LogP contribution in [0.25, 0.3) is 23.3 Å². The van der Waals surface area contributed by atoms with Gasteiger partial charge in [0, 0.05) is 38.8 Å². The molecule has 0 saturated heterocycles. The highest BCUT2D eigenvalue weighted by molar-refractivity contribution is 5.88. The maximum Gasteiger partial charge on any atom is 0.308 e. The summed E-state index contributed by atoms with van der Waals surface area (Å²) in [5, 5.41) is 0. The SMILES string of the molecule is COc1cc(/C=C\COC(C)=O)cc(-c2cc(/C=C/COC(C)=O)cc(OC)c2OC(C)=O)c1OC(C)=O. The molecule has 202 valence electrons. The zero-order valence-corrected chi connectivity index (χ0v) is 22.1. The largest absolute Gasteiger partial charge is 0.493 e. The van der Waals surface area contributed by atoms with Crippen molar-refractivity contribution in [3.63, 3.8) is 0 Å². The molecule has 2 rings (SSSR count). The zero-order chi connectivity index (χ0) is 28.2. The summed E-state index contributed by atoms with van der Waals surface area (Å²) in [6.07, 6.45) is 6.65. The summed E-state index contributed by atoms with van der Waals surface area (Å²) < 4.78 is 31.9. The second-order valence-electron chi connectivity index (χ2n) is 7.80. The van der Waals surface area contributed by atoms with Crippen LogP contribution in [0, 0.1) is 0 Å². The van der Waals surface area contributed by atoms with E-state index in [0.717, 1.165) is 0 Å². The minimum atomic E-state index is -0.596. The van der Waals surface area contributed by atoms with E-state index in [4.69, 9.17) is 28.4 Å². The Morgan fingerprint density at radius 2 is 0.974 bits per heavy atom. The summed E-state index contributed by atoms with van der Waals surface area (Å²) >= 11 is 0. The molecule has 0 atom stereocenters. The number of rotatable bonds is 11. The van der Waals surface area contributed by atoms with Gasteiger partial charge in [-0.3, -0.25) is 19.2 Å². The topological polar surface area (TPSA) is 124 Å². The molecule has 38 heavy (non-hydrogen) atoms. The lowest BCUT2D eigenvalue weighted by atomic mass is 9.97. The Kier molecular flexibility index (Phi) is 11.1. The van der Waals surface area contributed by atoms with E-state index in [-0.39, 0.29) is 36.2 Å². The third kappa shape index (κ3) is 8.81. The van der Waals surface area contributed by atoms with Gasteiger partial charge in [-0.15, -0.1) is 0 Å². The molecule has 0 radical (unpaired) electrons. The normalized spacial score (nSPS) is 10.8. The molecular formula is C28H30O10. The standard InChI is InChI=1S/C28H30O10/c1-17(29)35-11-7-9-21-13-23(27(37-19(3)31)25(15-21)33-5)24-14-22(10-8-12-36-18(2)30)16-26(34-6)28(24)38-20(4)32/h7-10,13-16H,11-12H2,1-6H3/b9-7-,10-8+. The molecule has 0 aromatic heterocycles. The third-order valence-electron chi connectivity index (χ3n) is 4.76. The molecule has 0 N–H and O–H groups in total. The lowest BCUT2D eigenvalue weighted by Gasteiger charge is -2.19. The van der Waals surface area contributed by atoms with E-state index < -0.39 is 23.9 Å². The maximum absolute atomic E-state index is 12.0. The smallest absolute Gasteiger partial charge is 0.308 e. The Labute approximate surface area is 220 Å². The van der Waals surface area contributed by atoms with Gasteiger partial charge in [-0.1, -0.05) is 12.2 Å². The monoisotopic (exact) mass is 526 g/mol. The van der Waals surface area contributed by atoms with Gasteiger partial charge in [0.15, 0.2) is 23.0 Å². The highest BCUT2D eigenvalue weighted by Gasteiger charge is 2.23. The van der Waals surface area contributed by atoms with E-state index in [2.05, 4.69) is 0 Å². The quantitative estimate of drug-likeness (QED) is 0.308. The first-order valence-electron chi connectivity index (χ1n) is 11.5. The average molecular weight is 527 g/mol. The van der Waals surface area contributed by atoms with Crippen molar-refractivity contribution in [3.8, 4) is 34.1 Å². The Balaban J connectivity index is 2.80. The van der Waals surface area contributed by atoms with Crippen LogP contribution in [-0.4, -0.2) is 51.3 Å². The first kappa shape index (κ1) is 29.6. The van der Waals surface area contributed by atoms with Gasteiger partial charge in [-0.25, -0.2) is 0 Å². The summed E-state index contributed by atoms with van der Waals surface area (Å²) in [4.78, 5) is 46.2. The lowest BCUT2D eigenvalue weighted by Crippen LogP contribution is -2.08. The fraction of sp³-hybridized carbons (Fsp3) is 0.286. The number of ether oxygens (including phenoxy) is 6. The Bertz CT molecular complexity index is 1160. The van der Waals surface area contributed by atoms with Crippen LogP contribution in [0.5, 0.6) is 23.0 Å². The highest BCUT2D eigenvalue weighted by atomic mass is 16.6. The number of esters is 4. The van der Waals surface area contributed by atoms with Crippen LogP contribution < -0.4 is 18.9 Å². The van der Waals surface area contributed by atoms with E-state index in [1.54, 1.807) is 48.6 Å². The van der Waals surface area contributed by atoms with Crippen molar-refractivity contribution in [2.24, 2.45) is 0 Å². The van der Waals surface area contributed by atoms with Crippen LogP contribution in [0.1, 0.15) is 38.8 Å². The second-order valence-corrected chi connectivity index (χ2v) is 7.80. The third-order valence-corrected chi connectivity index (χ3v) is 4.76. The van der Waals surface area contributed by atoms with Gasteiger partial charge in [0.05, 0.1) is 14.2 Å². The maximum atomic E-state index is 12.0. The van der Waals surface area contributed by atoms with Crippen molar-refractivity contribution < 1.29 is 47.6 Å². The van der Waals surface area contributed by atoms with Crippen LogP contribution >= 0.6 is 0 Å². The molecule has 0 aliphatic rings. The predicted octanol–water partition coefficient (Wildman–Crippen LogP) is 4.37. The molecule has 0 fully saturated rings. The van der Waals surface area contributed by atoms with Crippen LogP contribution in [0.4, 0.5) is 0 Å². The molecular weight excluding hydrogens is 496 g/mol. The molecule has 2 aromatic carbocycles. The predicted molar refractivity (Wildman–Crippen MR) is 139 cm³/mol. The van der Waals surface area contributed by atoms with Gasteiger partial charge in [-0.05, 0) is 47.5 Å². The molecule has 0 unspecified atom stereocenters. The van der Waals surface area contributed by atoms with E-state index in [1.165, 1.54) is 41.9 Å². The number of hydrogen-bond acceptors (Lipinski definition) is 10. The first-order chi connectivity index (χ1) is 18.0. The van der Waals surface area contributed by atoms with Crippen molar-refractivity contribution >= 4 is 36.0 Å². The first-order valence-corrected chi connectivity index (χ1v) is 11.5. The van der Waals surface area contributed by atoms with Gasteiger partial charge in [0.2, 0.25) is 0 Å². The van der Waals surface area contributed by atoms with Crippen molar-refractivity contribution in [1.29, 1.82) is 0 Å². The van der Waals surface area contributed by atoms with Crippen molar-refractivity contribution in [2.75, 3.05) is 27.4 Å². The second kappa shape index (κ2) is 14.2. The number of carbonyl (C=O) groups is 4. The molecule has 0 bridgehead atoms. The van der Waals surface area contributed by atoms with Crippen LogP contribution in [0.2, 0.25) is 0 Å². The Morgan fingerprint density at radius 3 is 1.26 bits per heavy atom. The molecule has 2 aromatic rings. The molecule has 0 aliphatic heterocycles. The summed E-state index contributed by atoms with van der Waals surface area (Å²) in [6.45, 7) is 5.21. The van der Waals surface area contributed by atoms with E-state index in [9.17, 15) is 19.2 Å². The van der Waals surface area contributed by atoms with E-state index in [0.29, 0.717) is 22.3 Å². The molecule has 0 amide bonds. The van der Waals surface area contributed by atoms with Crippen LogP contribution in [0.3, 0.4) is 0 Å². The van der Waals surface area contributed by atoms with Crippen molar-refractivity contribution in [3.05, 3.63) is 47.5 Å². The Morgan fingerprint density at radius 1 is 0.605 bits per heavy atom. The summed E-state index contributed by atoms with van der Waals surface area (Å²) in [5.74, 6) is -1.39. The minimum absolute atomic E-state index is 0.0494. The molecule has 10 nitrogen and oxygen atoms in total. The highest BCUT2D eigenvalue weighted by Crippen LogP contribution is 2.47. The summed E-state index contributed by atoms with van der Waals surface area (Å²) in [5.41, 5.74) is 1.94. The molecule has 0 aliphatic carbocycles. The van der Waals surface area contributed by atoms with Crippen LogP contribution in [0.15, 0.2) is 36.4 Å². The number of hydrogen-bond donors (Lipinski definition) is 0. The zero-order valence-electron chi connectivity index (χ0n) is 22.1. The molecule has 0 heterocycles. The number of benzene rings is 2. The molecule has 0 saturated carbocycles. The fourth-order valence-corrected chi connectivity index (χ4v) is 3.34. The van der Waals surface area contributed by atoms with Gasteiger partial charge >= 0.3 is 23.9 Å². The molecule has 0 spiro atoms. The summed E-state index contributed by atoms with van der Waals surface area (Å²) in [6, 6.07) is 6.66. The van der Waals surface area contributed by atoms with Crippen molar-refractivity contribution in [2.45, 2.75) is 27.7 Å². The lowest BCUT2D eigenvalue weighted by molar-refractivity contribution is -0.140. The van der Waals surface area contributed by atoms with Gasteiger partial charge < -0.3 is 28.4 Å². The van der Waals surface area contributed by atoms with Crippen molar-refractivity contribution in [1.82, 2.24) is 0 Å². The van der Waals surface area contributed by atoms with E-state index >= 15 is 0 Å². The van der Waals surface area contributed by atoms with Gasteiger partial charge in [-0.2, -0.15) is 0 Å². The number of methoxy groups -OCH3 is 2. The number of carbonyl (C=O) groups excluding carboxylic acids is 4. The van der Waals surface area contributed by atoms with E-state index in [1.807, 2.05) is 0 Å².